The van der Waals surface area contributed by atoms with Gasteiger partial charge in [-0.25, -0.2) is 4.98 Å². The van der Waals surface area contributed by atoms with Gasteiger partial charge in [-0.3, -0.25) is 9.36 Å². The van der Waals surface area contributed by atoms with Crippen LogP contribution in [0, 0.1) is 0 Å². The molecular formula is C25H31N3O2S. The molecule has 0 bridgehead atoms. The Morgan fingerprint density at radius 2 is 2.03 bits per heavy atom. The van der Waals surface area contributed by atoms with Crippen molar-refractivity contribution in [3.63, 3.8) is 0 Å². The van der Waals surface area contributed by atoms with E-state index in [0.717, 1.165) is 36.0 Å². The fourth-order valence-corrected chi connectivity index (χ4v) is 6.78. The Morgan fingerprint density at radius 3 is 2.81 bits per heavy atom. The first kappa shape index (κ1) is 20.9. The summed E-state index contributed by atoms with van der Waals surface area (Å²) in [5.41, 5.74) is 3.01. The standard InChI is InChI=1S/C25H31N3O2S/c29-14-6-13-28-17-27-23-22(24(28)30)20-10-9-19(15-21(20)31-23)26-16-25(11-4-5-12-25)18-7-2-1-3-8-18/h1-3,7-8,17,19,26,29H,4-6,9-16H2/t19-/m1/s1. The minimum atomic E-state index is 0.0522. The first-order chi connectivity index (χ1) is 15.2. The summed E-state index contributed by atoms with van der Waals surface area (Å²) in [6.45, 7) is 1.65. The summed E-state index contributed by atoms with van der Waals surface area (Å²) in [7, 11) is 0. The van der Waals surface area contributed by atoms with Crippen LogP contribution in [0.2, 0.25) is 0 Å². The van der Waals surface area contributed by atoms with Gasteiger partial charge in [0.15, 0.2) is 0 Å². The molecule has 0 spiro atoms. The molecule has 1 atom stereocenters. The number of rotatable bonds is 7. The van der Waals surface area contributed by atoms with E-state index in [1.807, 2.05) is 0 Å². The molecule has 6 heteroatoms. The maximum atomic E-state index is 13.0. The van der Waals surface area contributed by atoms with Crippen molar-refractivity contribution in [3.05, 3.63) is 63.0 Å². The Morgan fingerprint density at radius 1 is 1.23 bits per heavy atom. The predicted molar refractivity (Wildman–Crippen MR) is 126 cm³/mol. The van der Waals surface area contributed by atoms with Crippen LogP contribution in [0.5, 0.6) is 0 Å². The van der Waals surface area contributed by atoms with Gasteiger partial charge in [-0.05, 0) is 49.7 Å². The van der Waals surface area contributed by atoms with Crippen LogP contribution in [-0.2, 0) is 24.8 Å². The van der Waals surface area contributed by atoms with Gasteiger partial charge in [-0.1, -0.05) is 43.2 Å². The van der Waals surface area contributed by atoms with E-state index >= 15 is 0 Å². The summed E-state index contributed by atoms with van der Waals surface area (Å²) < 4.78 is 1.65. The number of nitrogens with one attached hydrogen (secondary N) is 1. The van der Waals surface area contributed by atoms with Gasteiger partial charge in [-0.2, -0.15) is 0 Å². The second kappa shape index (κ2) is 8.85. The lowest BCUT2D eigenvalue weighted by molar-refractivity contribution is 0.279. The van der Waals surface area contributed by atoms with E-state index in [-0.39, 0.29) is 17.6 Å². The van der Waals surface area contributed by atoms with E-state index in [1.54, 1.807) is 22.2 Å². The monoisotopic (exact) mass is 437 g/mol. The van der Waals surface area contributed by atoms with Crippen LogP contribution in [-0.4, -0.2) is 33.9 Å². The molecule has 2 N–H and O–H groups in total. The number of nitrogens with zero attached hydrogens (tertiary/aromatic N) is 2. The highest BCUT2D eigenvalue weighted by atomic mass is 32.1. The second-order valence-electron chi connectivity index (χ2n) is 9.18. The summed E-state index contributed by atoms with van der Waals surface area (Å²) in [5.74, 6) is 0. The summed E-state index contributed by atoms with van der Waals surface area (Å²) in [6, 6.07) is 11.5. The fourth-order valence-electron chi connectivity index (χ4n) is 5.53. The molecule has 5 nitrogen and oxygen atoms in total. The van der Waals surface area contributed by atoms with Crippen LogP contribution in [0.15, 0.2) is 41.5 Å². The average molecular weight is 438 g/mol. The quantitative estimate of drug-likeness (QED) is 0.590. The van der Waals surface area contributed by atoms with Gasteiger partial charge in [0.25, 0.3) is 5.56 Å². The number of aromatic nitrogens is 2. The highest BCUT2D eigenvalue weighted by Crippen LogP contribution is 2.41. The third-order valence-corrected chi connectivity index (χ3v) is 8.43. The molecule has 0 radical (unpaired) electrons. The maximum Gasteiger partial charge on any atom is 0.262 e. The van der Waals surface area contributed by atoms with E-state index in [2.05, 4.69) is 40.6 Å². The zero-order valence-corrected chi connectivity index (χ0v) is 18.8. The molecule has 2 aliphatic rings. The molecule has 1 saturated carbocycles. The number of aliphatic hydroxyl groups is 1. The molecule has 164 valence electrons. The number of hydrogen-bond acceptors (Lipinski definition) is 5. The molecule has 2 aromatic heterocycles. The number of hydrogen-bond donors (Lipinski definition) is 2. The minimum absolute atomic E-state index is 0.0522. The van der Waals surface area contributed by atoms with Crippen LogP contribution in [0.3, 0.4) is 0 Å². The summed E-state index contributed by atoms with van der Waals surface area (Å²) in [6.07, 6.45) is 10.4. The maximum absolute atomic E-state index is 13.0. The Labute approximate surface area is 187 Å². The average Bonchev–Trinajstić information content (AvgIpc) is 3.43. The number of fused-ring (bicyclic) bond motifs is 3. The molecule has 5 rings (SSSR count). The largest absolute Gasteiger partial charge is 0.396 e. The zero-order valence-electron chi connectivity index (χ0n) is 18.0. The predicted octanol–water partition coefficient (Wildman–Crippen LogP) is 3.80. The van der Waals surface area contributed by atoms with E-state index in [0.29, 0.717) is 19.0 Å². The molecule has 0 aliphatic heterocycles. The first-order valence-corrected chi connectivity index (χ1v) is 12.4. The third kappa shape index (κ3) is 3.97. The van der Waals surface area contributed by atoms with Crippen LogP contribution >= 0.6 is 11.3 Å². The van der Waals surface area contributed by atoms with Crippen molar-refractivity contribution in [2.45, 2.75) is 69.4 Å². The normalized spacial score (nSPS) is 20.2. The Balaban J connectivity index is 1.33. The second-order valence-corrected chi connectivity index (χ2v) is 10.3. The van der Waals surface area contributed by atoms with Gasteiger partial charge in [0.2, 0.25) is 0 Å². The topological polar surface area (TPSA) is 67.2 Å². The molecule has 1 fully saturated rings. The zero-order chi connectivity index (χ0) is 21.3. The van der Waals surface area contributed by atoms with Crippen molar-refractivity contribution >= 4 is 21.6 Å². The van der Waals surface area contributed by atoms with Gasteiger partial charge in [-0.15, -0.1) is 11.3 Å². The first-order valence-electron chi connectivity index (χ1n) is 11.6. The number of aryl methyl sites for hydroxylation is 2. The van der Waals surface area contributed by atoms with Crippen molar-refractivity contribution in [2.75, 3.05) is 13.2 Å². The van der Waals surface area contributed by atoms with E-state index < -0.39 is 0 Å². The molecule has 3 aromatic rings. The number of aliphatic hydroxyl groups excluding tert-OH is 1. The van der Waals surface area contributed by atoms with Gasteiger partial charge in [0, 0.05) is 36.0 Å². The van der Waals surface area contributed by atoms with Crippen molar-refractivity contribution < 1.29 is 5.11 Å². The molecule has 2 heterocycles. The smallest absolute Gasteiger partial charge is 0.262 e. The van der Waals surface area contributed by atoms with Crippen molar-refractivity contribution in [3.8, 4) is 0 Å². The van der Waals surface area contributed by atoms with Crippen LogP contribution in [0.4, 0.5) is 0 Å². The molecule has 0 unspecified atom stereocenters. The lowest BCUT2D eigenvalue weighted by Gasteiger charge is -2.33. The minimum Gasteiger partial charge on any atom is -0.396 e. The number of benzene rings is 1. The molecule has 0 saturated heterocycles. The Bertz CT molecular complexity index is 1100. The number of thiophene rings is 1. The van der Waals surface area contributed by atoms with Crippen molar-refractivity contribution in [1.29, 1.82) is 0 Å². The highest BCUT2D eigenvalue weighted by Gasteiger charge is 2.36. The molecular weight excluding hydrogens is 406 g/mol. The summed E-state index contributed by atoms with van der Waals surface area (Å²) in [5, 5.41) is 13.8. The molecule has 1 aromatic carbocycles. The van der Waals surface area contributed by atoms with Crippen molar-refractivity contribution in [2.24, 2.45) is 0 Å². The van der Waals surface area contributed by atoms with E-state index in [4.69, 9.17) is 5.11 Å². The van der Waals surface area contributed by atoms with Gasteiger partial charge in [0.1, 0.15) is 4.83 Å². The summed E-state index contributed by atoms with van der Waals surface area (Å²) in [4.78, 5) is 19.7. The van der Waals surface area contributed by atoms with Gasteiger partial charge in [0.05, 0.1) is 11.7 Å². The van der Waals surface area contributed by atoms with Crippen LogP contribution in [0.25, 0.3) is 10.2 Å². The lowest BCUT2D eigenvalue weighted by Crippen LogP contribution is -2.43. The van der Waals surface area contributed by atoms with Gasteiger partial charge >= 0.3 is 0 Å². The Hall–Kier alpha value is -2.02. The van der Waals surface area contributed by atoms with Crippen LogP contribution < -0.4 is 10.9 Å². The van der Waals surface area contributed by atoms with E-state index in [9.17, 15) is 4.79 Å². The summed E-state index contributed by atoms with van der Waals surface area (Å²) >= 11 is 1.69. The SMILES string of the molecule is O=c1c2c3c(sc2ncn1CCCO)C[C@H](NCC1(c2ccccc2)CCCC1)CC3. The van der Waals surface area contributed by atoms with Gasteiger partial charge < -0.3 is 10.4 Å². The van der Waals surface area contributed by atoms with Crippen molar-refractivity contribution in [1.82, 2.24) is 14.9 Å². The highest BCUT2D eigenvalue weighted by molar-refractivity contribution is 7.18. The van der Waals surface area contributed by atoms with Crippen LogP contribution in [0.1, 0.15) is 54.5 Å². The molecule has 2 aliphatic carbocycles. The Kier molecular flexibility index (Phi) is 5.95. The fraction of sp³-hybridized carbons (Fsp3) is 0.520. The third-order valence-electron chi connectivity index (χ3n) is 7.27. The van der Waals surface area contributed by atoms with E-state index in [1.165, 1.54) is 41.7 Å². The lowest BCUT2D eigenvalue weighted by atomic mass is 9.78. The molecule has 31 heavy (non-hydrogen) atoms. The molecule has 0 amide bonds.